The third kappa shape index (κ3) is 5.02. The number of carbonyl (C=O) groups excluding carboxylic acids is 1. The molecule has 1 aromatic carbocycles. The van der Waals surface area contributed by atoms with E-state index in [4.69, 9.17) is 10.8 Å². The Morgan fingerprint density at radius 2 is 1.90 bits per heavy atom. The van der Waals surface area contributed by atoms with E-state index in [2.05, 4.69) is 4.90 Å². The minimum Gasteiger partial charge on any atom is -0.399 e. The van der Waals surface area contributed by atoms with E-state index in [-0.39, 0.29) is 12.5 Å². The molecule has 0 aromatic heterocycles. The molecule has 1 heterocycles. The molecule has 0 aliphatic carbocycles. The number of nitrogens with zero attached hydrogens (tertiary/aromatic N) is 2. The van der Waals surface area contributed by atoms with Gasteiger partial charge in [-0.3, -0.25) is 9.69 Å². The van der Waals surface area contributed by atoms with E-state index >= 15 is 0 Å². The molecule has 3 N–H and O–H groups in total. The highest BCUT2D eigenvalue weighted by Crippen LogP contribution is 2.10. The normalized spacial score (nSPS) is 16.7. The second-order valence-corrected chi connectivity index (χ2v) is 5.54. The van der Waals surface area contributed by atoms with Gasteiger partial charge in [-0.05, 0) is 37.1 Å². The molecule has 1 aliphatic heterocycles. The van der Waals surface area contributed by atoms with Crippen LogP contribution in [0.15, 0.2) is 24.3 Å². The summed E-state index contributed by atoms with van der Waals surface area (Å²) in [6.45, 7) is 4.29. The molecule has 116 valence electrons. The fourth-order valence-electron chi connectivity index (χ4n) is 2.68. The molecule has 0 spiro atoms. The fourth-order valence-corrected chi connectivity index (χ4v) is 2.68. The van der Waals surface area contributed by atoms with E-state index < -0.39 is 0 Å². The molecule has 0 atom stereocenters. The molecular weight excluding hydrogens is 266 g/mol. The zero-order chi connectivity index (χ0) is 15.1. The quantitative estimate of drug-likeness (QED) is 0.785. The molecule has 1 fully saturated rings. The topological polar surface area (TPSA) is 69.8 Å². The van der Waals surface area contributed by atoms with Gasteiger partial charge in [0, 0.05) is 38.3 Å². The van der Waals surface area contributed by atoms with E-state index in [9.17, 15) is 4.79 Å². The van der Waals surface area contributed by atoms with Crippen LogP contribution in [0.1, 0.15) is 18.4 Å². The minimum absolute atomic E-state index is 0.186. The lowest BCUT2D eigenvalue weighted by atomic mass is 10.1. The van der Waals surface area contributed by atoms with Gasteiger partial charge in [0.05, 0.1) is 6.61 Å². The zero-order valence-electron chi connectivity index (χ0n) is 12.5. The number of aliphatic hydroxyl groups is 1. The summed E-state index contributed by atoms with van der Waals surface area (Å²) in [5, 5.41) is 8.98. The maximum absolute atomic E-state index is 12.3. The van der Waals surface area contributed by atoms with Crippen LogP contribution in [0.3, 0.4) is 0 Å². The van der Waals surface area contributed by atoms with Crippen LogP contribution in [0.5, 0.6) is 0 Å². The first kappa shape index (κ1) is 15.8. The summed E-state index contributed by atoms with van der Waals surface area (Å²) in [4.78, 5) is 16.5. The first-order valence-corrected chi connectivity index (χ1v) is 7.64. The summed E-state index contributed by atoms with van der Waals surface area (Å²) in [6, 6.07) is 7.71. The molecule has 1 aliphatic rings. The van der Waals surface area contributed by atoms with Crippen molar-refractivity contribution < 1.29 is 9.90 Å². The third-order valence-corrected chi connectivity index (χ3v) is 3.96. The fraction of sp³-hybridized carbons (Fsp3) is 0.562. The van der Waals surface area contributed by atoms with E-state index in [0.717, 1.165) is 50.3 Å². The monoisotopic (exact) mass is 291 g/mol. The summed E-state index contributed by atoms with van der Waals surface area (Å²) in [5.74, 6) is 0.220. The molecule has 1 amide bonds. The Kier molecular flexibility index (Phi) is 6.02. The van der Waals surface area contributed by atoms with Crippen LogP contribution in [0.4, 0.5) is 5.69 Å². The highest BCUT2D eigenvalue weighted by molar-refractivity contribution is 5.76. The summed E-state index contributed by atoms with van der Waals surface area (Å²) in [7, 11) is 0. The van der Waals surface area contributed by atoms with Crippen molar-refractivity contribution in [3.05, 3.63) is 29.8 Å². The first-order chi connectivity index (χ1) is 10.2. The molecule has 1 saturated heterocycles. The second kappa shape index (κ2) is 8.00. The third-order valence-electron chi connectivity index (χ3n) is 3.96. The van der Waals surface area contributed by atoms with Gasteiger partial charge in [0.15, 0.2) is 0 Å². The number of benzene rings is 1. The van der Waals surface area contributed by atoms with Gasteiger partial charge in [0.25, 0.3) is 0 Å². The summed E-state index contributed by atoms with van der Waals surface area (Å²) in [6.07, 6.45) is 2.29. The molecule has 5 nitrogen and oxygen atoms in total. The lowest BCUT2D eigenvalue weighted by Crippen LogP contribution is -2.36. The van der Waals surface area contributed by atoms with Crippen molar-refractivity contribution >= 4 is 11.6 Å². The molecule has 0 radical (unpaired) electrons. The Labute approximate surface area is 126 Å². The summed E-state index contributed by atoms with van der Waals surface area (Å²) in [5.41, 5.74) is 7.56. The van der Waals surface area contributed by atoms with Gasteiger partial charge in [0.2, 0.25) is 5.91 Å². The van der Waals surface area contributed by atoms with Crippen LogP contribution < -0.4 is 5.73 Å². The van der Waals surface area contributed by atoms with Crippen molar-refractivity contribution in [2.45, 2.75) is 19.3 Å². The lowest BCUT2D eigenvalue weighted by Gasteiger charge is -2.21. The van der Waals surface area contributed by atoms with Gasteiger partial charge < -0.3 is 15.7 Å². The maximum Gasteiger partial charge on any atom is 0.222 e. The van der Waals surface area contributed by atoms with Gasteiger partial charge in [0.1, 0.15) is 0 Å². The number of amides is 1. The van der Waals surface area contributed by atoms with Crippen molar-refractivity contribution in [3.63, 3.8) is 0 Å². The van der Waals surface area contributed by atoms with Crippen molar-refractivity contribution in [2.24, 2.45) is 0 Å². The number of aliphatic hydroxyl groups excluding tert-OH is 1. The van der Waals surface area contributed by atoms with Crippen molar-refractivity contribution in [1.29, 1.82) is 0 Å². The Morgan fingerprint density at radius 3 is 2.62 bits per heavy atom. The number of aryl methyl sites for hydroxylation is 1. The van der Waals surface area contributed by atoms with Crippen LogP contribution in [-0.2, 0) is 11.2 Å². The van der Waals surface area contributed by atoms with Crippen LogP contribution >= 0.6 is 0 Å². The van der Waals surface area contributed by atoms with Crippen molar-refractivity contribution in [3.8, 4) is 0 Å². The second-order valence-electron chi connectivity index (χ2n) is 5.54. The maximum atomic E-state index is 12.3. The number of hydrogen-bond donors (Lipinski definition) is 2. The average molecular weight is 291 g/mol. The Morgan fingerprint density at radius 1 is 1.14 bits per heavy atom. The summed E-state index contributed by atoms with van der Waals surface area (Å²) >= 11 is 0. The average Bonchev–Trinajstić information content (AvgIpc) is 2.72. The predicted octanol–water partition coefficient (Wildman–Crippen LogP) is 0.728. The lowest BCUT2D eigenvalue weighted by molar-refractivity contribution is -0.131. The van der Waals surface area contributed by atoms with E-state index in [0.29, 0.717) is 13.0 Å². The summed E-state index contributed by atoms with van der Waals surface area (Å²) < 4.78 is 0. The van der Waals surface area contributed by atoms with E-state index in [1.165, 1.54) is 0 Å². The van der Waals surface area contributed by atoms with Gasteiger partial charge in [-0.15, -0.1) is 0 Å². The molecule has 2 rings (SSSR count). The first-order valence-electron chi connectivity index (χ1n) is 7.64. The zero-order valence-corrected chi connectivity index (χ0v) is 12.5. The number of carbonyl (C=O) groups is 1. The molecule has 5 heteroatoms. The largest absolute Gasteiger partial charge is 0.399 e. The molecule has 1 aromatic rings. The number of hydrogen-bond acceptors (Lipinski definition) is 4. The van der Waals surface area contributed by atoms with Crippen molar-refractivity contribution in [1.82, 2.24) is 9.80 Å². The number of nitrogens with two attached hydrogens (primary N) is 1. The molecule has 0 bridgehead atoms. The van der Waals surface area contributed by atoms with Crippen LogP contribution in [0.2, 0.25) is 0 Å². The Bertz CT molecular complexity index is 447. The van der Waals surface area contributed by atoms with E-state index in [1.54, 1.807) is 0 Å². The van der Waals surface area contributed by atoms with Crippen LogP contribution in [-0.4, -0.2) is 60.1 Å². The Hall–Kier alpha value is -1.59. The Balaban J connectivity index is 1.79. The molecule has 21 heavy (non-hydrogen) atoms. The van der Waals surface area contributed by atoms with Gasteiger partial charge >= 0.3 is 0 Å². The standard InChI is InChI=1S/C16H25N3O2/c17-15-5-2-14(3-6-15)4-7-16(21)19-9-1-8-18(10-11-19)12-13-20/h2-3,5-6,20H,1,4,7-13,17H2. The molecular formula is C16H25N3O2. The van der Waals surface area contributed by atoms with E-state index in [1.807, 2.05) is 29.2 Å². The highest BCUT2D eigenvalue weighted by atomic mass is 16.3. The molecule has 0 unspecified atom stereocenters. The van der Waals surface area contributed by atoms with Crippen LogP contribution in [0.25, 0.3) is 0 Å². The van der Waals surface area contributed by atoms with Gasteiger partial charge in [-0.25, -0.2) is 0 Å². The smallest absolute Gasteiger partial charge is 0.222 e. The van der Waals surface area contributed by atoms with Crippen LogP contribution in [0, 0.1) is 0 Å². The van der Waals surface area contributed by atoms with Crippen molar-refractivity contribution in [2.75, 3.05) is 45.1 Å². The molecule has 0 saturated carbocycles. The number of anilines is 1. The predicted molar refractivity (Wildman–Crippen MR) is 83.9 cm³/mol. The number of rotatable bonds is 5. The van der Waals surface area contributed by atoms with Gasteiger partial charge in [-0.2, -0.15) is 0 Å². The highest BCUT2D eigenvalue weighted by Gasteiger charge is 2.18. The number of nitrogen functional groups attached to an aromatic ring is 1. The minimum atomic E-state index is 0.186. The number of β-amino-alcohol motifs (C(OH)–C–C–N with tert-alkyl or cyclic N) is 1. The van der Waals surface area contributed by atoms with Gasteiger partial charge in [-0.1, -0.05) is 12.1 Å². The SMILES string of the molecule is Nc1ccc(CCC(=O)N2CCCN(CCO)CC2)cc1.